The van der Waals surface area contributed by atoms with Gasteiger partial charge in [0, 0.05) is 44.8 Å². The van der Waals surface area contributed by atoms with E-state index in [4.69, 9.17) is 0 Å². The van der Waals surface area contributed by atoms with E-state index < -0.39 is 6.04 Å². The molecule has 0 aromatic heterocycles. The first kappa shape index (κ1) is 25.3. The molecule has 2 aromatic rings. The van der Waals surface area contributed by atoms with E-state index in [2.05, 4.69) is 45.6 Å². The second-order valence-electron chi connectivity index (χ2n) is 8.37. The third-order valence-corrected chi connectivity index (χ3v) is 6.79. The summed E-state index contributed by atoms with van der Waals surface area (Å²) in [5.74, 6) is 0.441. The number of carbonyl (C=O) groups excluding carboxylic acids is 2. The van der Waals surface area contributed by atoms with Crippen LogP contribution in [-0.4, -0.2) is 72.4 Å². The summed E-state index contributed by atoms with van der Waals surface area (Å²) in [6.07, 6.45) is 2.60. The Bertz CT molecular complexity index is 885. The van der Waals surface area contributed by atoms with Crippen molar-refractivity contribution in [2.24, 2.45) is 0 Å². The number of rotatable bonds is 11. The van der Waals surface area contributed by atoms with Crippen LogP contribution in [0.15, 0.2) is 54.6 Å². The minimum absolute atomic E-state index is 0.139. The van der Waals surface area contributed by atoms with E-state index in [1.165, 1.54) is 5.56 Å². The molecule has 7 heteroatoms. The predicted molar refractivity (Wildman–Crippen MR) is 136 cm³/mol. The van der Waals surface area contributed by atoms with Gasteiger partial charge in [-0.15, -0.1) is 0 Å². The maximum Gasteiger partial charge on any atom is 0.251 e. The Hall–Kier alpha value is -2.35. The molecular weight excluding hydrogens is 432 g/mol. The van der Waals surface area contributed by atoms with Gasteiger partial charge in [-0.3, -0.25) is 14.5 Å². The van der Waals surface area contributed by atoms with Gasteiger partial charge in [-0.25, -0.2) is 0 Å². The lowest BCUT2D eigenvalue weighted by atomic mass is 10.1. The lowest BCUT2D eigenvalue weighted by Crippen LogP contribution is -2.47. The zero-order valence-electron chi connectivity index (χ0n) is 19.8. The number of thioether (sulfide) groups is 1. The summed E-state index contributed by atoms with van der Waals surface area (Å²) in [7, 11) is 0. The quantitative estimate of drug-likeness (QED) is 0.531. The predicted octanol–water partition coefficient (Wildman–Crippen LogP) is 2.99. The van der Waals surface area contributed by atoms with Gasteiger partial charge in [0.2, 0.25) is 5.91 Å². The molecule has 1 fully saturated rings. The Balaban J connectivity index is 1.58. The lowest BCUT2D eigenvalue weighted by molar-refractivity contribution is -0.123. The topological polar surface area (TPSA) is 64.7 Å². The molecule has 2 amide bonds. The van der Waals surface area contributed by atoms with Crippen LogP contribution in [0.5, 0.6) is 0 Å². The number of likely N-dealkylation sites (N-methyl/N-ethyl adjacent to an activating group) is 1. The average molecular weight is 469 g/mol. The second kappa shape index (κ2) is 13.4. The van der Waals surface area contributed by atoms with Crippen molar-refractivity contribution in [2.75, 3.05) is 44.7 Å². The smallest absolute Gasteiger partial charge is 0.251 e. The zero-order valence-corrected chi connectivity index (χ0v) is 20.6. The van der Waals surface area contributed by atoms with Gasteiger partial charge < -0.3 is 15.5 Å². The highest BCUT2D eigenvalue weighted by Gasteiger charge is 2.22. The standard InChI is InChI=1S/C26H36N4O2S/c1-3-29-14-16-30(17-15-29)20-23-12-8-7-11-22(23)19-27-26(32)24(13-18-33-2)28-25(31)21-9-5-4-6-10-21/h4-12,24H,3,13-20H2,1-2H3,(H,27,32)(H,28,31)/t24-/m1/s1. The maximum atomic E-state index is 13.0. The number of amides is 2. The normalized spacial score (nSPS) is 15.7. The molecule has 3 rings (SSSR count). The van der Waals surface area contributed by atoms with Crippen molar-refractivity contribution < 1.29 is 9.59 Å². The first-order valence-corrected chi connectivity index (χ1v) is 13.1. The molecule has 178 valence electrons. The summed E-state index contributed by atoms with van der Waals surface area (Å²) >= 11 is 1.67. The SMILES string of the molecule is CCN1CCN(Cc2ccccc2CNC(=O)[C@@H](CCSC)NC(=O)c2ccccc2)CC1. The Morgan fingerprint density at radius 2 is 1.58 bits per heavy atom. The largest absolute Gasteiger partial charge is 0.350 e. The lowest BCUT2D eigenvalue weighted by Gasteiger charge is -2.34. The Kier molecular flexibility index (Phi) is 10.2. The molecule has 1 heterocycles. The van der Waals surface area contributed by atoms with Crippen LogP contribution in [0, 0.1) is 0 Å². The van der Waals surface area contributed by atoms with Crippen LogP contribution in [0.1, 0.15) is 34.8 Å². The Morgan fingerprint density at radius 1 is 0.939 bits per heavy atom. The Labute approximate surface area is 202 Å². The number of piperazine rings is 1. The van der Waals surface area contributed by atoms with E-state index in [1.807, 2.05) is 30.5 Å². The highest BCUT2D eigenvalue weighted by Crippen LogP contribution is 2.14. The second-order valence-corrected chi connectivity index (χ2v) is 9.36. The van der Waals surface area contributed by atoms with Crippen LogP contribution < -0.4 is 10.6 Å². The van der Waals surface area contributed by atoms with E-state index in [0.29, 0.717) is 18.5 Å². The van der Waals surface area contributed by atoms with E-state index in [0.717, 1.165) is 50.6 Å². The number of hydrogen-bond donors (Lipinski definition) is 2. The van der Waals surface area contributed by atoms with Crippen LogP contribution in [0.3, 0.4) is 0 Å². The van der Waals surface area contributed by atoms with Crippen molar-refractivity contribution in [3.63, 3.8) is 0 Å². The first-order chi connectivity index (χ1) is 16.1. The molecule has 0 aliphatic carbocycles. The molecule has 0 spiro atoms. The molecule has 0 radical (unpaired) electrons. The molecule has 1 atom stereocenters. The molecular formula is C26H36N4O2S. The van der Waals surface area contributed by atoms with Gasteiger partial charge in [-0.1, -0.05) is 49.4 Å². The summed E-state index contributed by atoms with van der Waals surface area (Å²) in [6, 6.07) is 16.8. The van der Waals surface area contributed by atoms with Crippen LogP contribution in [0.25, 0.3) is 0 Å². The highest BCUT2D eigenvalue weighted by molar-refractivity contribution is 7.98. The molecule has 1 aliphatic heterocycles. The van der Waals surface area contributed by atoms with Crippen molar-refractivity contribution >= 4 is 23.6 Å². The van der Waals surface area contributed by atoms with Crippen molar-refractivity contribution in [3.05, 3.63) is 71.3 Å². The fourth-order valence-electron chi connectivity index (χ4n) is 4.03. The van der Waals surface area contributed by atoms with Crippen LogP contribution in [0.4, 0.5) is 0 Å². The molecule has 2 aromatic carbocycles. The maximum absolute atomic E-state index is 13.0. The minimum Gasteiger partial charge on any atom is -0.350 e. The molecule has 0 bridgehead atoms. The fraction of sp³-hybridized carbons (Fsp3) is 0.462. The molecule has 6 nitrogen and oxygen atoms in total. The highest BCUT2D eigenvalue weighted by atomic mass is 32.2. The van der Waals surface area contributed by atoms with Crippen molar-refractivity contribution in [2.45, 2.75) is 32.5 Å². The number of carbonyl (C=O) groups is 2. The fourth-order valence-corrected chi connectivity index (χ4v) is 4.50. The van der Waals surface area contributed by atoms with Gasteiger partial charge in [-0.05, 0) is 48.2 Å². The molecule has 1 aliphatic rings. The van der Waals surface area contributed by atoms with Crippen molar-refractivity contribution in [3.8, 4) is 0 Å². The molecule has 1 saturated heterocycles. The van der Waals surface area contributed by atoms with E-state index >= 15 is 0 Å². The van der Waals surface area contributed by atoms with E-state index in [-0.39, 0.29) is 11.8 Å². The van der Waals surface area contributed by atoms with Gasteiger partial charge in [-0.2, -0.15) is 11.8 Å². The van der Waals surface area contributed by atoms with E-state index in [9.17, 15) is 9.59 Å². The van der Waals surface area contributed by atoms with Crippen LogP contribution in [-0.2, 0) is 17.9 Å². The van der Waals surface area contributed by atoms with Gasteiger partial charge in [0.05, 0.1) is 0 Å². The zero-order chi connectivity index (χ0) is 23.5. The summed E-state index contributed by atoms with van der Waals surface area (Å²) in [5, 5.41) is 5.99. The number of nitrogens with zero attached hydrogens (tertiary/aromatic N) is 2. The summed E-state index contributed by atoms with van der Waals surface area (Å²) < 4.78 is 0. The first-order valence-electron chi connectivity index (χ1n) is 11.7. The monoisotopic (exact) mass is 468 g/mol. The third-order valence-electron chi connectivity index (χ3n) is 6.15. The van der Waals surface area contributed by atoms with Gasteiger partial charge in [0.1, 0.15) is 6.04 Å². The van der Waals surface area contributed by atoms with Gasteiger partial charge in [0.15, 0.2) is 0 Å². The van der Waals surface area contributed by atoms with Crippen LogP contribution in [0.2, 0.25) is 0 Å². The van der Waals surface area contributed by atoms with Crippen molar-refractivity contribution in [1.82, 2.24) is 20.4 Å². The third kappa shape index (κ3) is 7.88. The molecule has 0 saturated carbocycles. The average Bonchev–Trinajstić information content (AvgIpc) is 2.86. The molecule has 2 N–H and O–H groups in total. The Morgan fingerprint density at radius 3 is 2.24 bits per heavy atom. The van der Waals surface area contributed by atoms with Gasteiger partial charge >= 0.3 is 0 Å². The summed E-state index contributed by atoms with van der Waals surface area (Å²) in [4.78, 5) is 30.6. The minimum atomic E-state index is -0.556. The van der Waals surface area contributed by atoms with Gasteiger partial charge in [0.25, 0.3) is 5.91 Å². The summed E-state index contributed by atoms with van der Waals surface area (Å²) in [6.45, 7) is 9.01. The molecule has 0 unspecified atom stereocenters. The summed E-state index contributed by atoms with van der Waals surface area (Å²) in [5.41, 5.74) is 2.94. The number of hydrogen-bond acceptors (Lipinski definition) is 5. The van der Waals surface area contributed by atoms with Crippen LogP contribution >= 0.6 is 11.8 Å². The van der Waals surface area contributed by atoms with Crippen molar-refractivity contribution in [1.29, 1.82) is 0 Å². The van der Waals surface area contributed by atoms with E-state index in [1.54, 1.807) is 23.9 Å². The molecule has 33 heavy (non-hydrogen) atoms. The number of benzene rings is 2. The number of nitrogens with one attached hydrogen (secondary N) is 2.